The van der Waals surface area contributed by atoms with Crippen molar-refractivity contribution in [2.45, 2.75) is 53.2 Å². The van der Waals surface area contributed by atoms with Crippen molar-refractivity contribution in [1.82, 2.24) is 0 Å². The summed E-state index contributed by atoms with van der Waals surface area (Å²) in [6, 6.07) is 22.2. The summed E-state index contributed by atoms with van der Waals surface area (Å²) in [5.41, 5.74) is 1.82. The Morgan fingerprint density at radius 2 is 1.35 bits per heavy atom. The van der Waals surface area contributed by atoms with Crippen LogP contribution in [0.4, 0.5) is 0 Å². The van der Waals surface area contributed by atoms with Gasteiger partial charge in [0.1, 0.15) is 6.29 Å². The predicted molar refractivity (Wildman–Crippen MR) is 200 cm³/mol. The Morgan fingerprint density at radius 1 is 0.769 bits per heavy atom. The van der Waals surface area contributed by atoms with Gasteiger partial charge in [-0.15, -0.1) is 0 Å². The third-order valence-corrected chi connectivity index (χ3v) is 7.53. The number of phenolic OH excluding ortho intramolecular Hbond substituents is 2. The van der Waals surface area contributed by atoms with Crippen LogP contribution in [0, 0.1) is 5.92 Å². The lowest BCUT2D eigenvalue weighted by Crippen LogP contribution is -2.12. The SMILES string of the molecule is CC.COc1ccc(C(=O)COc2ccc(C3OCCC3C)cc2OC)cc1O.COc1ccc(C=O)cc1O.COc1ccccc1OC(C)C. The molecule has 1 heterocycles. The fourth-order valence-corrected chi connectivity index (χ4v) is 4.94. The number of aromatic hydroxyl groups is 2. The molecule has 4 aromatic carbocycles. The van der Waals surface area contributed by atoms with E-state index in [1.807, 2.05) is 64.1 Å². The molecule has 1 saturated heterocycles. The summed E-state index contributed by atoms with van der Waals surface area (Å²) >= 11 is 0. The van der Waals surface area contributed by atoms with Gasteiger partial charge in [0.15, 0.2) is 58.4 Å². The average Bonchev–Trinajstić information content (AvgIpc) is 3.60. The zero-order valence-electron chi connectivity index (χ0n) is 31.5. The second kappa shape index (κ2) is 22.4. The number of carbonyl (C=O) groups is 2. The first-order chi connectivity index (χ1) is 25.0. The van der Waals surface area contributed by atoms with Crippen LogP contribution in [0.2, 0.25) is 0 Å². The van der Waals surface area contributed by atoms with Crippen molar-refractivity contribution < 1.29 is 53.0 Å². The van der Waals surface area contributed by atoms with Gasteiger partial charge in [0.2, 0.25) is 0 Å². The molecule has 282 valence electrons. The fraction of sp³-hybridized carbons (Fsp3) is 0.366. The van der Waals surface area contributed by atoms with Gasteiger partial charge in [0.25, 0.3) is 0 Å². The lowest BCUT2D eigenvalue weighted by atomic mass is 9.97. The summed E-state index contributed by atoms with van der Waals surface area (Å²) < 4.78 is 37.3. The van der Waals surface area contributed by atoms with Crippen molar-refractivity contribution in [2.24, 2.45) is 5.92 Å². The Hall–Kier alpha value is -5.42. The third kappa shape index (κ3) is 12.7. The standard InChI is InChI=1S/C21H24O6.C10H14O2.C8H8O3.C2H6/c1-13-8-9-26-21(13)15-5-7-19(20(11-15)25-3)27-12-17(23)14-4-6-18(24-2)16(22)10-14;1-8(2)12-10-7-5-4-6-9(10)11-3;1-11-8-3-2-6(5-9)4-7(8)10;1-2/h4-7,10-11,13,21-22H,8-9,12H2,1-3H3;4-8H,1-3H3;2-5,10H,1H3;1-2H3. The minimum atomic E-state index is -0.258. The van der Waals surface area contributed by atoms with Crippen LogP contribution in [0.25, 0.3) is 0 Å². The summed E-state index contributed by atoms with van der Waals surface area (Å²) in [7, 11) is 6.11. The molecular weight excluding hydrogens is 668 g/mol. The molecule has 2 unspecified atom stereocenters. The minimum Gasteiger partial charge on any atom is -0.504 e. The van der Waals surface area contributed by atoms with Crippen molar-refractivity contribution in [3.8, 4) is 46.0 Å². The minimum absolute atomic E-state index is 0.0166. The molecule has 1 aliphatic rings. The highest BCUT2D eigenvalue weighted by Crippen LogP contribution is 2.38. The molecule has 5 rings (SSSR count). The summed E-state index contributed by atoms with van der Waals surface area (Å²) in [4.78, 5) is 22.6. The smallest absolute Gasteiger partial charge is 0.200 e. The molecule has 11 nitrogen and oxygen atoms in total. The highest BCUT2D eigenvalue weighted by molar-refractivity contribution is 5.97. The molecule has 1 aliphatic heterocycles. The molecule has 0 spiro atoms. The second-order valence-electron chi connectivity index (χ2n) is 11.4. The number of benzene rings is 4. The maximum absolute atomic E-state index is 12.4. The first-order valence-electron chi connectivity index (χ1n) is 17.0. The normalized spacial score (nSPS) is 14.2. The summed E-state index contributed by atoms with van der Waals surface area (Å²) in [5.74, 6) is 3.40. The van der Waals surface area contributed by atoms with Gasteiger partial charge in [-0.25, -0.2) is 0 Å². The summed E-state index contributed by atoms with van der Waals surface area (Å²) in [6.45, 7) is 10.7. The topological polar surface area (TPSA) is 139 Å². The zero-order chi connectivity index (χ0) is 38.6. The van der Waals surface area contributed by atoms with Crippen LogP contribution in [-0.4, -0.2) is 70.0 Å². The van der Waals surface area contributed by atoms with Crippen LogP contribution in [0.3, 0.4) is 0 Å². The molecular formula is C41H52O11. The predicted octanol–water partition coefficient (Wildman–Crippen LogP) is 8.49. The average molecular weight is 721 g/mol. The Morgan fingerprint density at radius 3 is 1.87 bits per heavy atom. The molecule has 2 atom stereocenters. The van der Waals surface area contributed by atoms with E-state index in [0.29, 0.717) is 46.3 Å². The van der Waals surface area contributed by atoms with E-state index in [9.17, 15) is 14.7 Å². The van der Waals surface area contributed by atoms with Gasteiger partial charge in [0, 0.05) is 17.7 Å². The molecule has 0 bridgehead atoms. The number of ketones is 1. The lowest BCUT2D eigenvalue weighted by Gasteiger charge is -2.17. The van der Waals surface area contributed by atoms with Crippen molar-refractivity contribution in [2.75, 3.05) is 41.7 Å². The molecule has 4 aromatic rings. The zero-order valence-corrected chi connectivity index (χ0v) is 31.5. The molecule has 0 saturated carbocycles. The number of hydrogen-bond donors (Lipinski definition) is 2. The van der Waals surface area contributed by atoms with Crippen LogP contribution in [0.5, 0.6) is 46.0 Å². The number of carbonyl (C=O) groups excluding carboxylic acids is 2. The first kappa shape index (κ1) is 42.7. The van der Waals surface area contributed by atoms with Gasteiger partial charge >= 0.3 is 0 Å². The highest BCUT2D eigenvalue weighted by atomic mass is 16.5. The number of phenols is 2. The Kier molecular flexibility index (Phi) is 18.4. The Labute approximate surface area is 307 Å². The number of hydrogen-bond acceptors (Lipinski definition) is 11. The monoisotopic (exact) mass is 720 g/mol. The molecule has 0 radical (unpaired) electrons. The van der Waals surface area contributed by atoms with E-state index in [0.717, 1.165) is 30.1 Å². The molecule has 52 heavy (non-hydrogen) atoms. The van der Waals surface area contributed by atoms with Crippen LogP contribution >= 0.6 is 0 Å². The van der Waals surface area contributed by atoms with Gasteiger partial charge in [-0.3, -0.25) is 9.59 Å². The van der Waals surface area contributed by atoms with Crippen molar-refractivity contribution in [3.63, 3.8) is 0 Å². The maximum Gasteiger partial charge on any atom is 0.200 e. The van der Waals surface area contributed by atoms with Gasteiger partial charge < -0.3 is 43.4 Å². The number of ether oxygens (including phenoxy) is 7. The van der Waals surface area contributed by atoms with Gasteiger partial charge in [-0.2, -0.15) is 0 Å². The molecule has 0 amide bonds. The van der Waals surface area contributed by atoms with Gasteiger partial charge in [-0.1, -0.05) is 39.0 Å². The van der Waals surface area contributed by atoms with E-state index in [1.54, 1.807) is 44.6 Å². The van der Waals surface area contributed by atoms with Crippen LogP contribution in [-0.2, 0) is 4.74 Å². The number of rotatable bonds is 12. The van der Waals surface area contributed by atoms with Gasteiger partial charge in [-0.05, 0) is 92.4 Å². The summed E-state index contributed by atoms with van der Waals surface area (Å²) in [6.07, 6.45) is 1.94. The molecule has 0 aromatic heterocycles. The van der Waals surface area contributed by atoms with Crippen molar-refractivity contribution in [1.29, 1.82) is 0 Å². The van der Waals surface area contributed by atoms with Crippen molar-refractivity contribution in [3.05, 3.63) is 95.6 Å². The van der Waals surface area contributed by atoms with E-state index in [1.165, 1.54) is 26.4 Å². The molecule has 2 N–H and O–H groups in total. The van der Waals surface area contributed by atoms with Crippen LogP contribution < -0.4 is 28.4 Å². The lowest BCUT2D eigenvalue weighted by molar-refractivity contribution is 0.0913. The second-order valence-corrected chi connectivity index (χ2v) is 11.4. The van der Waals surface area contributed by atoms with Crippen LogP contribution in [0.15, 0.2) is 78.9 Å². The van der Waals surface area contributed by atoms with Crippen LogP contribution in [0.1, 0.15) is 73.4 Å². The highest BCUT2D eigenvalue weighted by Gasteiger charge is 2.26. The molecule has 0 aliphatic carbocycles. The van der Waals surface area contributed by atoms with Gasteiger partial charge in [0.05, 0.1) is 40.6 Å². The van der Waals surface area contributed by atoms with E-state index in [-0.39, 0.29) is 36.1 Å². The fourth-order valence-electron chi connectivity index (χ4n) is 4.94. The molecule has 11 heteroatoms. The number of Topliss-reactive ketones (excluding diaryl/α,β-unsaturated/α-hetero) is 1. The summed E-state index contributed by atoms with van der Waals surface area (Å²) in [5, 5.41) is 19.0. The van der Waals surface area contributed by atoms with E-state index in [4.69, 9.17) is 38.3 Å². The quantitative estimate of drug-likeness (QED) is 0.108. The van der Waals surface area contributed by atoms with Crippen molar-refractivity contribution >= 4 is 12.1 Å². The third-order valence-electron chi connectivity index (χ3n) is 7.53. The maximum atomic E-state index is 12.4. The van der Waals surface area contributed by atoms with E-state index in [2.05, 4.69) is 6.92 Å². The molecule has 1 fully saturated rings. The number of methoxy groups -OCH3 is 4. The first-order valence-corrected chi connectivity index (χ1v) is 17.0. The Bertz CT molecular complexity index is 1690. The van der Waals surface area contributed by atoms with E-state index < -0.39 is 0 Å². The largest absolute Gasteiger partial charge is 0.504 e. The number of para-hydroxylation sites is 2. The number of aldehydes is 1. The Balaban J connectivity index is 0.000000309. The van der Waals surface area contributed by atoms with E-state index >= 15 is 0 Å².